The van der Waals surface area contributed by atoms with Crippen molar-refractivity contribution in [3.8, 4) is 23.0 Å². The highest BCUT2D eigenvalue weighted by molar-refractivity contribution is 6.03. The molecule has 28 heavy (non-hydrogen) atoms. The predicted molar refractivity (Wildman–Crippen MR) is 106 cm³/mol. The van der Waals surface area contributed by atoms with Crippen molar-refractivity contribution in [1.29, 1.82) is 0 Å². The molecule has 0 spiro atoms. The summed E-state index contributed by atoms with van der Waals surface area (Å²) < 4.78 is 5.62. The van der Waals surface area contributed by atoms with E-state index in [0.717, 1.165) is 5.56 Å². The van der Waals surface area contributed by atoms with Gasteiger partial charge in [0.2, 0.25) is 5.88 Å². The lowest BCUT2D eigenvalue weighted by Crippen LogP contribution is -2.12. The highest BCUT2D eigenvalue weighted by atomic mass is 16.5. The Morgan fingerprint density at radius 2 is 1.43 bits per heavy atom. The molecule has 0 saturated heterocycles. The molecule has 4 rings (SSSR count). The number of nitrogens with one attached hydrogen (secondary N) is 1. The van der Waals surface area contributed by atoms with Crippen molar-refractivity contribution in [2.75, 3.05) is 5.32 Å². The van der Waals surface area contributed by atoms with Crippen molar-refractivity contribution in [3.05, 3.63) is 97.0 Å². The molecular weight excluding hydrogens is 352 g/mol. The van der Waals surface area contributed by atoms with E-state index in [0.29, 0.717) is 28.7 Å². The van der Waals surface area contributed by atoms with Crippen LogP contribution in [-0.2, 0) is 0 Å². The minimum Gasteiger partial charge on any atom is -0.439 e. The van der Waals surface area contributed by atoms with Crippen molar-refractivity contribution in [2.24, 2.45) is 0 Å². The minimum atomic E-state index is -0.296. The molecule has 2 aromatic carbocycles. The van der Waals surface area contributed by atoms with E-state index >= 15 is 0 Å². The van der Waals surface area contributed by atoms with Crippen molar-refractivity contribution in [3.63, 3.8) is 0 Å². The van der Waals surface area contributed by atoms with E-state index in [1.807, 2.05) is 60.7 Å². The number of ether oxygens (including phenoxy) is 1. The third-order valence-electron chi connectivity index (χ3n) is 3.91. The normalized spacial score (nSPS) is 10.3. The standard InChI is InChI=1S/C22H16N4O2/c27-22(17-11-12-20(23-13-17)28-19-9-5-2-6-10-19)26-18-14-24-21(25-15-18)16-7-3-1-4-8-16/h1-15H,(H,26,27). The van der Waals surface area contributed by atoms with Crippen LogP contribution < -0.4 is 10.1 Å². The molecule has 4 aromatic rings. The van der Waals surface area contributed by atoms with Gasteiger partial charge in [-0.25, -0.2) is 15.0 Å². The average Bonchev–Trinajstić information content (AvgIpc) is 2.76. The van der Waals surface area contributed by atoms with E-state index in [-0.39, 0.29) is 5.91 Å². The molecule has 2 aromatic heterocycles. The number of nitrogens with zero attached hydrogens (tertiary/aromatic N) is 3. The third-order valence-corrected chi connectivity index (χ3v) is 3.91. The lowest BCUT2D eigenvalue weighted by atomic mass is 10.2. The molecule has 0 bridgehead atoms. The first kappa shape index (κ1) is 17.4. The lowest BCUT2D eigenvalue weighted by Gasteiger charge is -2.07. The van der Waals surface area contributed by atoms with E-state index in [2.05, 4.69) is 20.3 Å². The van der Waals surface area contributed by atoms with Crippen molar-refractivity contribution >= 4 is 11.6 Å². The Balaban J connectivity index is 1.41. The number of pyridine rings is 1. The number of para-hydroxylation sites is 1. The number of hydrogen-bond donors (Lipinski definition) is 1. The zero-order chi connectivity index (χ0) is 19.2. The Bertz CT molecular complexity index is 1050. The summed E-state index contributed by atoms with van der Waals surface area (Å²) >= 11 is 0. The zero-order valence-electron chi connectivity index (χ0n) is 14.8. The van der Waals surface area contributed by atoms with Crippen LogP contribution in [0.4, 0.5) is 5.69 Å². The fourth-order valence-electron chi connectivity index (χ4n) is 2.52. The van der Waals surface area contributed by atoms with Crippen molar-refractivity contribution < 1.29 is 9.53 Å². The second-order valence-electron chi connectivity index (χ2n) is 5.92. The van der Waals surface area contributed by atoms with Crippen molar-refractivity contribution in [2.45, 2.75) is 0 Å². The van der Waals surface area contributed by atoms with Gasteiger partial charge in [0.05, 0.1) is 23.6 Å². The maximum absolute atomic E-state index is 12.4. The lowest BCUT2D eigenvalue weighted by molar-refractivity contribution is 0.102. The molecule has 0 saturated carbocycles. The van der Waals surface area contributed by atoms with Crippen LogP contribution in [0.5, 0.6) is 11.6 Å². The third kappa shape index (κ3) is 4.19. The smallest absolute Gasteiger partial charge is 0.257 e. The molecule has 1 N–H and O–H groups in total. The fourth-order valence-corrected chi connectivity index (χ4v) is 2.52. The minimum absolute atomic E-state index is 0.296. The monoisotopic (exact) mass is 368 g/mol. The van der Waals surface area contributed by atoms with Crippen LogP contribution in [0.15, 0.2) is 91.4 Å². The molecular formula is C22H16N4O2. The zero-order valence-corrected chi connectivity index (χ0v) is 14.8. The Labute approximate surface area is 161 Å². The van der Waals surface area contributed by atoms with Gasteiger partial charge in [0, 0.05) is 17.8 Å². The van der Waals surface area contributed by atoms with E-state index in [4.69, 9.17) is 4.74 Å². The van der Waals surface area contributed by atoms with Gasteiger partial charge in [-0.2, -0.15) is 0 Å². The summed E-state index contributed by atoms with van der Waals surface area (Å²) in [5.41, 5.74) is 1.83. The first-order chi connectivity index (χ1) is 13.8. The second kappa shape index (κ2) is 8.09. The van der Waals surface area contributed by atoms with Gasteiger partial charge < -0.3 is 10.1 Å². The van der Waals surface area contributed by atoms with E-state index in [1.165, 1.54) is 6.20 Å². The van der Waals surface area contributed by atoms with Gasteiger partial charge in [-0.3, -0.25) is 4.79 Å². The largest absolute Gasteiger partial charge is 0.439 e. The van der Waals surface area contributed by atoms with Crippen LogP contribution in [-0.4, -0.2) is 20.9 Å². The van der Waals surface area contributed by atoms with E-state index in [9.17, 15) is 4.79 Å². The number of anilines is 1. The van der Waals surface area contributed by atoms with E-state index < -0.39 is 0 Å². The van der Waals surface area contributed by atoms with E-state index in [1.54, 1.807) is 24.5 Å². The van der Waals surface area contributed by atoms with Gasteiger partial charge in [0.15, 0.2) is 5.82 Å². The summed E-state index contributed by atoms with van der Waals surface area (Å²) in [5.74, 6) is 1.40. The molecule has 0 aliphatic carbocycles. The molecule has 1 amide bonds. The SMILES string of the molecule is O=C(Nc1cnc(-c2ccccc2)nc1)c1ccc(Oc2ccccc2)nc1. The fraction of sp³-hybridized carbons (Fsp3) is 0. The summed E-state index contributed by atoms with van der Waals surface area (Å²) in [7, 11) is 0. The Hall–Kier alpha value is -4.06. The first-order valence-corrected chi connectivity index (χ1v) is 8.66. The Morgan fingerprint density at radius 1 is 0.750 bits per heavy atom. The van der Waals surface area contributed by atoms with Crippen LogP contribution in [0.2, 0.25) is 0 Å². The van der Waals surface area contributed by atoms with Gasteiger partial charge in [0.25, 0.3) is 5.91 Å². The number of rotatable bonds is 5. The van der Waals surface area contributed by atoms with Crippen molar-refractivity contribution in [1.82, 2.24) is 15.0 Å². The highest BCUT2D eigenvalue weighted by Crippen LogP contribution is 2.19. The highest BCUT2D eigenvalue weighted by Gasteiger charge is 2.09. The van der Waals surface area contributed by atoms with Gasteiger partial charge in [0.1, 0.15) is 5.75 Å². The number of amides is 1. The number of carbonyl (C=O) groups is 1. The quantitative estimate of drug-likeness (QED) is 0.558. The molecule has 0 aliphatic heterocycles. The maximum Gasteiger partial charge on any atom is 0.257 e. The van der Waals surface area contributed by atoms with Gasteiger partial charge in [-0.15, -0.1) is 0 Å². The van der Waals surface area contributed by atoms with Gasteiger partial charge in [-0.1, -0.05) is 48.5 Å². The van der Waals surface area contributed by atoms with Crippen LogP contribution in [0.25, 0.3) is 11.4 Å². The predicted octanol–water partition coefficient (Wildman–Crippen LogP) is 4.58. The molecule has 0 unspecified atom stereocenters. The maximum atomic E-state index is 12.4. The van der Waals surface area contributed by atoms with Crippen LogP contribution in [0.1, 0.15) is 10.4 Å². The number of hydrogen-bond acceptors (Lipinski definition) is 5. The van der Waals surface area contributed by atoms with Crippen LogP contribution >= 0.6 is 0 Å². The molecule has 0 atom stereocenters. The van der Waals surface area contributed by atoms with Gasteiger partial charge in [-0.05, 0) is 18.2 Å². The molecule has 0 aliphatic rings. The number of aromatic nitrogens is 3. The summed E-state index contributed by atoms with van der Waals surface area (Å²) in [6.45, 7) is 0. The molecule has 6 heteroatoms. The number of carbonyl (C=O) groups excluding carboxylic acids is 1. The molecule has 0 fully saturated rings. The Morgan fingerprint density at radius 3 is 2.07 bits per heavy atom. The molecule has 0 radical (unpaired) electrons. The average molecular weight is 368 g/mol. The first-order valence-electron chi connectivity index (χ1n) is 8.66. The summed E-state index contributed by atoms with van der Waals surface area (Å²) in [6, 6.07) is 22.3. The van der Waals surface area contributed by atoms with Crippen LogP contribution in [0, 0.1) is 0 Å². The van der Waals surface area contributed by atoms with Gasteiger partial charge >= 0.3 is 0 Å². The number of benzene rings is 2. The summed E-state index contributed by atoms with van der Waals surface area (Å²) in [4.78, 5) is 25.2. The molecule has 6 nitrogen and oxygen atoms in total. The summed E-state index contributed by atoms with van der Waals surface area (Å²) in [5, 5.41) is 2.76. The topological polar surface area (TPSA) is 77.0 Å². The molecule has 136 valence electrons. The molecule has 2 heterocycles. The summed E-state index contributed by atoms with van der Waals surface area (Å²) in [6.07, 6.45) is 4.62. The van der Waals surface area contributed by atoms with Crippen LogP contribution in [0.3, 0.4) is 0 Å². The Kier molecular flexibility index (Phi) is 5.02. The second-order valence-corrected chi connectivity index (χ2v) is 5.92.